The molecule has 2 N–H and O–H groups in total. The van der Waals surface area contributed by atoms with Gasteiger partial charge in [0.05, 0.1) is 11.0 Å². The molecule has 9 nitrogen and oxygen atoms in total. The molecule has 186 valence electrons. The van der Waals surface area contributed by atoms with Crippen LogP contribution in [0.4, 0.5) is 17.1 Å². The summed E-state index contributed by atoms with van der Waals surface area (Å²) < 4.78 is 0. The van der Waals surface area contributed by atoms with E-state index in [1.54, 1.807) is 48.5 Å². The minimum absolute atomic E-state index is 0.183. The van der Waals surface area contributed by atoms with Crippen molar-refractivity contribution in [3.8, 4) is 11.4 Å². The van der Waals surface area contributed by atoms with Crippen molar-refractivity contribution in [3.63, 3.8) is 0 Å². The fourth-order valence-electron chi connectivity index (χ4n) is 3.78. The van der Waals surface area contributed by atoms with Gasteiger partial charge in [0.25, 0.3) is 5.91 Å². The molecular formula is C29H24N7O2+. The van der Waals surface area contributed by atoms with Crippen LogP contribution in [-0.2, 0) is 0 Å². The summed E-state index contributed by atoms with van der Waals surface area (Å²) in [4.78, 5) is 38.4. The van der Waals surface area contributed by atoms with Crippen molar-refractivity contribution in [3.05, 3.63) is 108 Å². The molecule has 0 unspecified atom stereocenters. The fraction of sp³-hybridized carbons (Fsp3) is 0.0690. The number of fused-ring (bicyclic) bond motifs is 1. The van der Waals surface area contributed by atoms with E-state index in [0.717, 1.165) is 22.3 Å². The normalized spacial score (nSPS) is 10.5. The molecule has 0 bridgehead atoms. The number of hydrogen-bond donors (Lipinski definition) is 2. The van der Waals surface area contributed by atoms with E-state index in [2.05, 4.69) is 30.4 Å². The second-order valence-corrected chi connectivity index (χ2v) is 8.72. The number of anilines is 2. The maximum Gasteiger partial charge on any atom is 0.360 e. The number of H-pyrrole nitrogens is 1. The van der Waals surface area contributed by atoms with Crippen LogP contribution < -0.4 is 15.1 Å². The zero-order valence-electron chi connectivity index (χ0n) is 20.8. The zero-order chi connectivity index (χ0) is 26.5. The van der Waals surface area contributed by atoms with Crippen LogP contribution in [0.1, 0.15) is 20.7 Å². The second-order valence-electron chi connectivity index (χ2n) is 8.72. The molecule has 0 aliphatic carbocycles. The van der Waals surface area contributed by atoms with Crippen molar-refractivity contribution in [2.45, 2.75) is 0 Å². The summed E-state index contributed by atoms with van der Waals surface area (Å²) in [6.45, 7) is 0. The first kappa shape index (κ1) is 24.3. The van der Waals surface area contributed by atoms with Gasteiger partial charge in [-0.3, -0.25) is 9.59 Å². The summed E-state index contributed by atoms with van der Waals surface area (Å²) in [6, 6.07) is 28.9. The van der Waals surface area contributed by atoms with E-state index in [-0.39, 0.29) is 5.91 Å². The van der Waals surface area contributed by atoms with Gasteiger partial charge in [-0.25, -0.2) is 4.98 Å². The lowest BCUT2D eigenvalue weighted by Crippen LogP contribution is -2.11. The van der Waals surface area contributed by atoms with Crippen molar-refractivity contribution in [2.75, 3.05) is 24.3 Å². The first-order valence-electron chi connectivity index (χ1n) is 11.9. The third kappa shape index (κ3) is 5.53. The van der Waals surface area contributed by atoms with Crippen LogP contribution in [0.2, 0.25) is 0 Å². The number of nitrogens with one attached hydrogen (secondary N) is 2. The number of hydrogen-bond acceptors (Lipinski definition) is 5. The summed E-state index contributed by atoms with van der Waals surface area (Å²) in [5.41, 5.74) is 5.61. The van der Waals surface area contributed by atoms with Crippen molar-refractivity contribution < 1.29 is 9.59 Å². The van der Waals surface area contributed by atoms with E-state index in [1.165, 1.54) is 0 Å². The highest BCUT2D eigenvalue weighted by atomic mass is 16.2. The summed E-state index contributed by atoms with van der Waals surface area (Å²) in [5.74, 6) is -0.0333. The number of amides is 2. The van der Waals surface area contributed by atoms with Gasteiger partial charge in [-0.2, -0.15) is 0 Å². The number of aromatic nitrogens is 2. The highest BCUT2D eigenvalue weighted by Crippen LogP contribution is 2.24. The topological polar surface area (TPSA) is 117 Å². The van der Waals surface area contributed by atoms with Crippen LogP contribution in [0.25, 0.3) is 22.4 Å². The van der Waals surface area contributed by atoms with Crippen molar-refractivity contribution in [1.29, 1.82) is 0 Å². The molecule has 0 spiro atoms. The Balaban J connectivity index is 1.27. The highest BCUT2D eigenvalue weighted by molar-refractivity contribution is 6.05. The number of nitrogens with zero attached hydrogens (tertiary/aromatic N) is 5. The number of carbonyl (C=O) groups is 2. The predicted octanol–water partition coefficient (Wildman–Crippen LogP) is 5.99. The molecule has 0 aliphatic heterocycles. The molecule has 2 amide bonds. The lowest BCUT2D eigenvalue weighted by atomic mass is 10.1. The summed E-state index contributed by atoms with van der Waals surface area (Å²) in [6.07, 6.45) is 0. The van der Waals surface area contributed by atoms with Gasteiger partial charge in [0.2, 0.25) is 10.0 Å². The van der Waals surface area contributed by atoms with Gasteiger partial charge in [-0.15, -0.1) is 0 Å². The molecule has 5 aromatic rings. The van der Waals surface area contributed by atoms with E-state index < -0.39 is 5.91 Å². The van der Waals surface area contributed by atoms with Crippen molar-refractivity contribution in [1.82, 2.24) is 14.9 Å². The molecule has 38 heavy (non-hydrogen) atoms. The summed E-state index contributed by atoms with van der Waals surface area (Å²) in [7, 11) is 3.91. The number of rotatable bonds is 6. The summed E-state index contributed by atoms with van der Waals surface area (Å²) >= 11 is 0. The monoisotopic (exact) mass is 502 g/mol. The molecule has 0 fully saturated rings. The molecule has 9 heteroatoms. The zero-order valence-corrected chi connectivity index (χ0v) is 20.8. The lowest BCUT2D eigenvalue weighted by molar-refractivity contribution is 0.0990. The average molecular weight is 503 g/mol. The first-order chi connectivity index (χ1) is 18.5. The maximum absolute atomic E-state index is 12.4. The van der Waals surface area contributed by atoms with E-state index in [1.807, 2.05) is 67.5 Å². The predicted molar refractivity (Wildman–Crippen MR) is 148 cm³/mol. The molecule has 0 radical (unpaired) electrons. The Hall–Kier alpha value is -5.40. The number of imidazole rings is 1. The quantitative estimate of drug-likeness (QED) is 0.219. The minimum atomic E-state index is -0.492. The largest absolute Gasteiger partial charge is 0.378 e. The average Bonchev–Trinajstić information content (AvgIpc) is 3.37. The molecule has 4 aromatic carbocycles. The maximum atomic E-state index is 12.4. The van der Waals surface area contributed by atoms with Gasteiger partial charge in [-0.05, 0) is 66.7 Å². The van der Waals surface area contributed by atoms with E-state index in [0.29, 0.717) is 28.3 Å². The van der Waals surface area contributed by atoms with Crippen LogP contribution in [-0.4, -0.2) is 35.9 Å². The Labute approximate surface area is 218 Å². The van der Waals surface area contributed by atoms with Crippen molar-refractivity contribution in [2.24, 2.45) is 10.2 Å². The molecule has 0 saturated heterocycles. The van der Waals surface area contributed by atoms with Crippen LogP contribution in [0, 0.1) is 0 Å². The second kappa shape index (κ2) is 10.7. The Morgan fingerprint density at radius 1 is 0.868 bits per heavy atom. The number of aromatic amines is 1. The Kier molecular flexibility index (Phi) is 6.84. The Morgan fingerprint density at radius 2 is 1.61 bits per heavy atom. The van der Waals surface area contributed by atoms with Crippen molar-refractivity contribution >= 4 is 39.9 Å². The summed E-state index contributed by atoms with van der Waals surface area (Å²) in [5, 5.41) is 10.6. The first-order valence-corrected chi connectivity index (χ1v) is 11.9. The van der Waals surface area contributed by atoms with Crippen LogP contribution in [0.15, 0.2) is 107 Å². The van der Waals surface area contributed by atoms with E-state index >= 15 is 0 Å². The molecule has 5 rings (SSSR count). The molecule has 1 aromatic heterocycles. The molecule has 0 saturated carbocycles. The van der Waals surface area contributed by atoms with E-state index in [9.17, 15) is 9.59 Å². The van der Waals surface area contributed by atoms with Gasteiger partial charge >= 0.3 is 5.91 Å². The molecule has 0 aliphatic rings. The number of benzene rings is 4. The van der Waals surface area contributed by atoms with Crippen LogP contribution in [0.5, 0.6) is 0 Å². The third-order valence-electron chi connectivity index (χ3n) is 5.84. The van der Waals surface area contributed by atoms with Gasteiger partial charge in [0, 0.05) is 42.2 Å². The smallest absolute Gasteiger partial charge is 0.360 e. The lowest BCUT2D eigenvalue weighted by Gasteiger charge is -2.10. The SMILES string of the molecule is CN(C)c1ccc(N=[N+]=NC(=O)c2ccc(-c3nc4ccc(NC(=O)c5ccccc5)cc4[nH]3)cc2)cc1. The Bertz CT molecular complexity index is 1670. The van der Waals surface area contributed by atoms with Gasteiger partial charge in [-0.1, -0.05) is 30.3 Å². The van der Waals surface area contributed by atoms with Gasteiger partial charge < -0.3 is 15.2 Å². The third-order valence-corrected chi connectivity index (χ3v) is 5.84. The van der Waals surface area contributed by atoms with Crippen LogP contribution >= 0.6 is 0 Å². The molecule has 1 heterocycles. The molecule has 0 atom stereocenters. The molecular weight excluding hydrogens is 478 g/mol. The van der Waals surface area contributed by atoms with Gasteiger partial charge in [0.15, 0.2) is 10.8 Å². The van der Waals surface area contributed by atoms with Gasteiger partial charge in [0.1, 0.15) is 5.82 Å². The highest BCUT2D eigenvalue weighted by Gasteiger charge is 2.12. The minimum Gasteiger partial charge on any atom is -0.378 e. The van der Waals surface area contributed by atoms with E-state index in [4.69, 9.17) is 0 Å². The standard InChI is InChI=1S/C29H23N7O2/c1-36(2)24-15-12-22(13-16-24)33-35-34-29(38)21-10-8-19(9-11-21)27-31-25-17-14-23(18-26(25)32-27)30-28(37)20-6-4-3-5-7-20/h3-18H,1-2H3,(H,33,34,38)/p+1. The fourth-order valence-corrected chi connectivity index (χ4v) is 3.78. The Morgan fingerprint density at radius 3 is 2.32 bits per heavy atom. The number of carbonyl (C=O) groups excluding carboxylic acids is 2. The van der Waals surface area contributed by atoms with Crippen LogP contribution in [0.3, 0.4) is 0 Å².